The molecule has 2 nitrogen and oxygen atoms in total. The number of nitrogens with zero attached hydrogens (tertiary/aromatic N) is 2. The molecule has 1 aromatic rings. The fourth-order valence-corrected chi connectivity index (χ4v) is 3.50. The molecule has 106 valence electrons. The van der Waals surface area contributed by atoms with Crippen LogP contribution in [-0.2, 0) is 0 Å². The average Bonchev–Trinajstić information content (AvgIpc) is 2.78. The minimum atomic E-state index is 0.539. The van der Waals surface area contributed by atoms with Crippen LogP contribution in [0.2, 0.25) is 0 Å². The minimum absolute atomic E-state index is 0.539. The van der Waals surface area contributed by atoms with Gasteiger partial charge in [-0.2, -0.15) is 12.6 Å². The maximum absolute atomic E-state index is 4.55. The van der Waals surface area contributed by atoms with Crippen molar-refractivity contribution in [3.05, 3.63) is 35.9 Å². The molecule has 3 heteroatoms. The zero-order valence-electron chi connectivity index (χ0n) is 12.3. The maximum atomic E-state index is 4.55. The Balaban J connectivity index is 1.97. The quantitative estimate of drug-likeness (QED) is 0.827. The van der Waals surface area contributed by atoms with Crippen LogP contribution in [0.4, 0.5) is 0 Å². The van der Waals surface area contributed by atoms with Crippen LogP contribution >= 0.6 is 12.6 Å². The molecular weight excluding hydrogens is 252 g/mol. The van der Waals surface area contributed by atoms with Crippen molar-refractivity contribution in [1.82, 2.24) is 9.80 Å². The summed E-state index contributed by atoms with van der Waals surface area (Å²) in [6.45, 7) is 5.89. The monoisotopic (exact) mass is 278 g/mol. The SMILES string of the molecule is CC1CN(CC(CS)c2ccccc2)CC1N(C)C. The molecule has 1 aromatic carbocycles. The lowest BCUT2D eigenvalue weighted by molar-refractivity contribution is 0.249. The average molecular weight is 278 g/mol. The lowest BCUT2D eigenvalue weighted by atomic mass is 10.0. The fourth-order valence-electron chi connectivity index (χ4n) is 3.17. The number of likely N-dealkylation sites (N-methyl/N-ethyl adjacent to an activating group) is 1. The van der Waals surface area contributed by atoms with E-state index in [-0.39, 0.29) is 0 Å². The summed E-state index contributed by atoms with van der Waals surface area (Å²) in [7, 11) is 4.38. The molecule has 0 spiro atoms. The van der Waals surface area contributed by atoms with Gasteiger partial charge < -0.3 is 9.80 Å². The van der Waals surface area contributed by atoms with Crippen LogP contribution in [0.1, 0.15) is 18.4 Å². The zero-order chi connectivity index (χ0) is 13.8. The summed E-state index contributed by atoms with van der Waals surface area (Å²) >= 11 is 4.55. The van der Waals surface area contributed by atoms with Crippen molar-refractivity contribution >= 4 is 12.6 Å². The van der Waals surface area contributed by atoms with Crippen molar-refractivity contribution in [3.8, 4) is 0 Å². The highest BCUT2D eigenvalue weighted by Crippen LogP contribution is 2.24. The Hall–Kier alpha value is -0.510. The summed E-state index contributed by atoms with van der Waals surface area (Å²) in [4.78, 5) is 4.96. The van der Waals surface area contributed by atoms with Gasteiger partial charge in [-0.3, -0.25) is 0 Å². The molecule has 19 heavy (non-hydrogen) atoms. The molecule has 0 N–H and O–H groups in total. The van der Waals surface area contributed by atoms with Crippen molar-refractivity contribution in [2.45, 2.75) is 18.9 Å². The first-order valence-electron chi connectivity index (χ1n) is 7.16. The van der Waals surface area contributed by atoms with Gasteiger partial charge in [-0.25, -0.2) is 0 Å². The molecule has 0 aromatic heterocycles. The van der Waals surface area contributed by atoms with Gasteiger partial charge in [-0.15, -0.1) is 0 Å². The van der Waals surface area contributed by atoms with Crippen LogP contribution in [0.5, 0.6) is 0 Å². The summed E-state index contributed by atoms with van der Waals surface area (Å²) in [6, 6.07) is 11.5. The maximum Gasteiger partial charge on any atom is 0.0254 e. The Bertz CT molecular complexity index is 380. The Labute approximate surface area is 123 Å². The van der Waals surface area contributed by atoms with Gasteiger partial charge in [-0.1, -0.05) is 37.3 Å². The highest BCUT2D eigenvalue weighted by molar-refractivity contribution is 7.80. The summed E-state index contributed by atoms with van der Waals surface area (Å²) in [5.41, 5.74) is 1.42. The van der Waals surface area contributed by atoms with Crippen LogP contribution < -0.4 is 0 Å². The van der Waals surface area contributed by atoms with E-state index in [1.165, 1.54) is 18.7 Å². The predicted molar refractivity (Wildman–Crippen MR) is 86.1 cm³/mol. The first kappa shape index (κ1) is 14.9. The number of hydrogen-bond acceptors (Lipinski definition) is 3. The normalized spacial score (nSPS) is 25.9. The van der Waals surface area contributed by atoms with Gasteiger partial charge in [-0.05, 0) is 31.3 Å². The van der Waals surface area contributed by atoms with E-state index in [2.05, 4.69) is 73.8 Å². The van der Waals surface area contributed by atoms with Crippen molar-refractivity contribution in [2.75, 3.05) is 39.5 Å². The standard InChI is InChI=1S/C16H26N2S/c1-13-9-18(11-16(13)17(2)3)10-15(12-19)14-7-5-4-6-8-14/h4-8,13,15-16,19H,9-12H2,1-3H3. The third-order valence-electron chi connectivity index (χ3n) is 4.28. The van der Waals surface area contributed by atoms with E-state index in [9.17, 15) is 0 Å². The van der Waals surface area contributed by atoms with Crippen LogP contribution in [0, 0.1) is 5.92 Å². The third kappa shape index (κ3) is 3.74. The molecule has 0 amide bonds. The number of rotatable bonds is 5. The molecule has 1 fully saturated rings. The Morgan fingerprint density at radius 2 is 1.95 bits per heavy atom. The number of benzene rings is 1. The van der Waals surface area contributed by atoms with Crippen molar-refractivity contribution in [2.24, 2.45) is 5.92 Å². The van der Waals surface area contributed by atoms with Gasteiger partial charge in [0.2, 0.25) is 0 Å². The topological polar surface area (TPSA) is 6.48 Å². The van der Waals surface area contributed by atoms with Crippen LogP contribution in [-0.4, -0.2) is 55.3 Å². The summed E-state index contributed by atoms with van der Waals surface area (Å²) in [6.07, 6.45) is 0. The highest BCUT2D eigenvalue weighted by Gasteiger charge is 2.31. The second-order valence-electron chi connectivity index (χ2n) is 6.02. The molecule has 2 rings (SSSR count). The molecule has 1 heterocycles. The van der Waals surface area contributed by atoms with Crippen LogP contribution in [0.25, 0.3) is 0 Å². The molecular formula is C16H26N2S. The lowest BCUT2D eigenvalue weighted by Gasteiger charge is -2.24. The second-order valence-corrected chi connectivity index (χ2v) is 6.38. The number of hydrogen-bond donors (Lipinski definition) is 1. The Morgan fingerprint density at radius 3 is 2.47 bits per heavy atom. The smallest absolute Gasteiger partial charge is 0.0254 e. The van der Waals surface area contributed by atoms with E-state index in [1.54, 1.807) is 0 Å². The van der Waals surface area contributed by atoms with E-state index >= 15 is 0 Å². The third-order valence-corrected chi connectivity index (χ3v) is 4.72. The van der Waals surface area contributed by atoms with Gasteiger partial charge in [0.15, 0.2) is 0 Å². The second kappa shape index (κ2) is 6.78. The van der Waals surface area contributed by atoms with E-state index in [4.69, 9.17) is 0 Å². The van der Waals surface area contributed by atoms with Gasteiger partial charge >= 0.3 is 0 Å². The number of thiol groups is 1. The van der Waals surface area contributed by atoms with Gasteiger partial charge in [0, 0.05) is 31.6 Å². The van der Waals surface area contributed by atoms with E-state index in [1.807, 2.05) is 0 Å². The van der Waals surface area contributed by atoms with Crippen LogP contribution in [0.15, 0.2) is 30.3 Å². The van der Waals surface area contributed by atoms with E-state index in [0.29, 0.717) is 12.0 Å². The van der Waals surface area contributed by atoms with Crippen molar-refractivity contribution < 1.29 is 0 Å². The molecule has 0 aliphatic carbocycles. The molecule has 1 aliphatic rings. The first-order chi connectivity index (χ1) is 9.11. The summed E-state index contributed by atoms with van der Waals surface area (Å²) < 4.78 is 0. The van der Waals surface area contributed by atoms with Gasteiger partial charge in [0.25, 0.3) is 0 Å². The molecule has 0 saturated carbocycles. The number of likely N-dealkylation sites (tertiary alicyclic amines) is 1. The van der Waals surface area contributed by atoms with Crippen molar-refractivity contribution in [3.63, 3.8) is 0 Å². The fraction of sp³-hybridized carbons (Fsp3) is 0.625. The summed E-state index contributed by atoms with van der Waals surface area (Å²) in [5.74, 6) is 2.21. The van der Waals surface area contributed by atoms with Crippen LogP contribution in [0.3, 0.4) is 0 Å². The first-order valence-corrected chi connectivity index (χ1v) is 7.79. The zero-order valence-corrected chi connectivity index (χ0v) is 13.2. The Kier molecular flexibility index (Phi) is 5.31. The van der Waals surface area contributed by atoms with E-state index < -0.39 is 0 Å². The summed E-state index contributed by atoms with van der Waals surface area (Å²) in [5, 5.41) is 0. The minimum Gasteiger partial charge on any atom is -0.305 e. The van der Waals surface area contributed by atoms with E-state index in [0.717, 1.165) is 18.2 Å². The van der Waals surface area contributed by atoms with Gasteiger partial charge in [0.1, 0.15) is 0 Å². The molecule has 0 bridgehead atoms. The lowest BCUT2D eigenvalue weighted by Crippen LogP contribution is -2.35. The van der Waals surface area contributed by atoms with Gasteiger partial charge in [0.05, 0.1) is 0 Å². The Morgan fingerprint density at radius 1 is 1.26 bits per heavy atom. The molecule has 1 aliphatic heterocycles. The molecule has 1 saturated heterocycles. The highest BCUT2D eigenvalue weighted by atomic mass is 32.1. The predicted octanol–water partition coefficient (Wildman–Crippen LogP) is 2.58. The molecule has 3 unspecified atom stereocenters. The molecule has 0 radical (unpaired) electrons. The van der Waals surface area contributed by atoms with Crippen molar-refractivity contribution in [1.29, 1.82) is 0 Å². The largest absolute Gasteiger partial charge is 0.305 e. The molecule has 3 atom stereocenters.